The summed E-state index contributed by atoms with van der Waals surface area (Å²) in [6, 6.07) is 11.8. The van der Waals surface area contributed by atoms with Crippen LogP contribution in [0.25, 0.3) is 10.9 Å². The quantitative estimate of drug-likeness (QED) is 0.619. The van der Waals surface area contributed by atoms with Crippen LogP contribution >= 0.6 is 15.9 Å². The van der Waals surface area contributed by atoms with E-state index in [4.69, 9.17) is 0 Å². The second-order valence-corrected chi connectivity index (χ2v) is 8.54. The minimum Gasteiger partial charge on any atom is -0.393 e. The number of aromatic nitrogens is 2. The molecule has 0 saturated heterocycles. The molecule has 0 bridgehead atoms. The highest BCUT2D eigenvalue weighted by Gasteiger charge is 2.37. The molecule has 6 nitrogen and oxygen atoms in total. The zero-order valence-corrected chi connectivity index (χ0v) is 17.6. The van der Waals surface area contributed by atoms with Gasteiger partial charge in [-0.15, -0.1) is 0 Å². The number of pyridine rings is 1. The van der Waals surface area contributed by atoms with Crippen LogP contribution < -0.4 is 5.32 Å². The number of aliphatic hydroxyl groups is 1. The molecule has 29 heavy (non-hydrogen) atoms. The number of nitriles is 1. The highest BCUT2D eigenvalue weighted by atomic mass is 79.9. The summed E-state index contributed by atoms with van der Waals surface area (Å²) in [4.78, 5) is 17.3. The van der Waals surface area contributed by atoms with E-state index >= 15 is 0 Å². The third-order valence-corrected chi connectivity index (χ3v) is 6.22. The summed E-state index contributed by atoms with van der Waals surface area (Å²) in [6.07, 6.45) is 5.46. The van der Waals surface area contributed by atoms with Gasteiger partial charge in [-0.1, -0.05) is 15.9 Å². The van der Waals surface area contributed by atoms with Gasteiger partial charge >= 0.3 is 0 Å². The van der Waals surface area contributed by atoms with Crippen molar-refractivity contribution in [3.05, 3.63) is 58.5 Å². The molecule has 0 aliphatic heterocycles. The van der Waals surface area contributed by atoms with E-state index in [0.29, 0.717) is 42.6 Å². The number of benzene rings is 1. The van der Waals surface area contributed by atoms with Gasteiger partial charge in [-0.2, -0.15) is 5.26 Å². The van der Waals surface area contributed by atoms with Crippen molar-refractivity contribution >= 4 is 38.4 Å². The SMILES string of the molecule is Cn1cc(C(=O)Nc2ccc(C3(C#N)CCC(O)CC3)nc2)c2cc(Br)ccc21. The van der Waals surface area contributed by atoms with Crippen molar-refractivity contribution in [2.75, 3.05) is 5.32 Å². The molecule has 1 aromatic carbocycles. The molecule has 2 heterocycles. The van der Waals surface area contributed by atoms with E-state index in [9.17, 15) is 15.2 Å². The molecule has 1 aliphatic rings. The Bertz CT molecular complexity index is 1110. The van der Waals surface area contributed by atoms with Crippen molar-refractivity contribution in [2.45, 2.75) is 37.2 Å². The zero-order valence-electron chi connectivity index (χ0n) is 16.0. The summed E-state index contributed by atoms with van der Waals surface area (Å²) < 4.78 is 2.84. The molecule has 0 radical (unpaired) electrons. The molecule has 1 amide bonds. The lowest BCUT2D eigenvalue weighted by atomic mass is 9.72. The minimum atomic E-state index is -0.663. The largest absolute Gasteiger partial charge is 0.393 e. The highest BCUT2D eigenvalue weighted by molar-refractivity contribution is 9.10. The Morgan fingerprint density at radius 1 is 1.34 bits per heavy atom. The van der Waals surface area contributed by atoms with E-state index < -0.39 is 5.41 Å². The number of hydrogen-bond acceptors (Lipinski definition) is 4. The van der Waals surface area contributed by atoms with E-state index in [2.05, 4.69) is 32.3 Å². The second-order valence-electron chi connectivity index (χ2n) is 7.63. The molecular weight excluding hydrogens is 432 g/mol. The number of amides is 1. The summed E-state index contributed by atoms with van der Waals surface area (Å²) in [6.45, 7) is 0. The number of carbonyl (C=O) groups excluding carboxylic acids is 1. The van der Waals surface area contributed by atoms with Crippen LogP contribution in [0.1, 0.15) is 41.7 Å². The average molecular weight is 453 g/mol. The molecule has 1 saturated carbocycles. The van der Waals surface area contributed by atoms with Crippen molar-refractivity contribution in [3.63, 3.8) is 0 Å². The van der Waals surface area contributed by atoms with Crippen LogP contribution in [0.2, 0.25) is 0 Å². The Hall–Kier alpha value is -2.69. The van der Waals surface area contributed by atoms with Crippen molar-refractivity contribution in [1.82, 2.24) is 9.55 Å². The van der Waals surface area contributed by atoms with Crippen LogP contribution in [0, 0.1) is 11.3 Å². The van der Waals surface area contributed by atoms with Gasteiger partial charge in [0.1, 0.15) is 0 Å². The number of rotatable bonds is 3. The summed E-state index contributed by atoms with van der Waals surface area (Å²) in [5, 5.41) is 23.2. The Morgan fingerprint density at radius 2 is 2.10 bits per heavy atom. The lowest BCUT2D eigenvalue weighted by Gasteiger charge is -2.32. The van der Waals surface area contributed by atoms with Gasteiger partial charge in [0.2, 0.25) is 0 Å². The lowest BCUT2D eigenvalue weighted by molar-refractivity contribution is 0.102. The smallest absolute Gasteiger partial charge is 0.257 e. The molecule has 1 fully saturated rings. The molecule has 0 unspecified atom stereocenters. The number of nitrogens with zero attached hydrogens (tertiary/aromatic N) is 3. The van der Waals surface area contributed by atoms with Gasteiger partial charge in [0.25, 0.3) is 5.91 Å². The monoisotopic (exact) mass is 452 g/mol. The first kappa shape index (κ1) is 19.6. The molecule has 148 valence electrons. The Morgan fingerprint density at radius 3 is 2.76 bits per heavy atom. The van der Waals surface area contributed by atoms with Crippen molar-refractivity contribution in [3.8, 4) is 6.07 Å². The van der Waals surface area contributed by atoms with Crippen molar-refractivity contribution in [2.24, 2.45) is 7.05 Å². The second kappa shape index (κ2) is 7.62. The van der Waals surface area contributed by atoms with Gasteiger partial charge in [-0.3, -0.25) is 9.78 Å². The summed E-state index contributed by atoms with van der Waals surface area (Å²) in [5.41, 5.74) is 2.17. The highest BCUT2D eigenvalue weighted by Crippen LogP contribution is 2.38. The van der Waals surface area contributed by atoms with Crippen LogP contribution in [-0.4, -0.2) is 26.7 Å². The fraction of sp³-hybridized carbons (Fsp3) is 0.318. The Kier molecular flexibility index (Phi) is 5.15. The number of anilines is 1. The van der Waals surface area contributed by atoms with Gasteiger partial charge in [-0.05, 0) is 56.0 Å². The fourth-order valence-corrected chi connectivity index (χ4v) is 4.38. The van der Waals surface area contributed by atoms with Gasteiger partial charge in [0.15, 0.2) is 0 Å². The van der Waals surface area contributed by atoms with Gasteiger partial charge in [0.05, 0.1) is 40.7 Å². The molecular formula is C22H21BrN4O2. The topological polar surface area (TPSA) is 90.9 Å². The molecule has 0 atom stereocenters. The molecule has 7 heteroatoms. The van der Waals surface area contributed by atoms with Crippen LogP contribution in [0.3, 0.4) is 0 Å². The van der Waals surface area contributed by atoms with E-state index in [1.54, 1.807) is 18.3 Å². The zero-order chi connectivity index (χ0) is 20.6. The summed E-state index contributed by atoms with van der Waals surface area (Å²) >= 11 is 3.46. The maximum absolute atomic E-state index is 12.8. The summed E-state index contributed by atoms with van der Waals surface area (Å²) in [5.74, 6) is -0.209. The van der Waals surface area contributed by atoms with Crippen molar-refractivity contribution < 1.29 is 9.90 Å². The standard InChI is InChI=1S/C22H21BrN4O2/c1-27-12-18(17-10-14(23)2-4-19(17)27)21(29)26-15-3-5-20(25-11-15)22(13-24)8-6-16(28)7-9-22/h2-5,10-12,16,28H,6-9H2,1H3,(H,26,29). The Labute approximate surface area is 177 Å². The van der Waals surface area contributed by atoms with E-state index in [1.807, 2.05) is 36.0 Å². The van der Waals surface area contributed by atoms with E-state index in [1.165, 1.54) is 0 Å². The van der Waals surface area contributed by atoms with Crippen LogP contribution in [0.5, 0.6) is 0 Å². The first-order chi connectivity index (χ1) is 13.9. The number of carbonyl (C=O) groups is 1. The third-order valence-electron chi connectivity index (χ3n) is 5.73. The van der Waals surface area contributed by atoms with E-state index in [0.717, 1.165) is 15.4 Å². The van der Waals surface area contributed by atoms with Crippen LogP contribution in [0.15, 0.2) is 47.2 Å². The maximum atomic E-state index is 12.8. The van der Waals surface area contributed by atoms with Crippen molar-refractivity contribution in [1.29, 1.82) is 5.26 Å². The normalized spacial score (nSPS) is 21.7. The lowest BCUT2D eigenvalue weighted by Crippen LogP contribution is -2.33. The first-order valence-corrected chi connectivity index (χ1v) is 10.3. The van der Waals surface area contributed by atoms with Gasteiger partial charge in [0, 0.05) is 28.6 Å². The molecule has 0 spiro atoms. The number of nitrogens with one attached hydrogen (secondary N) is 1. The maximum Gasteiger partial charge on any atom is 0.257 e. The minimum absolute atomic E-state index is 0.209. The summed E-state index contributed by atoms with van der Waals surface area (Å²) in [7, 11) is 1.91. The predicted molar refractivity (Wildman–Crippen MR) is 115 cm³/mol. The number of fused-ring (bicyclic) bond motifs is 1. The van der Waals surface area contributed by atoms with Crippen LogP contribution in [0.4, 0.5) is 5.69 Å². The third kappa shape index (κ3) is 3.66. The average Bonchev–Trinajstić information content (AvgIpc) is 3.05. The van der Waals surface area contributed by atoms with E-state index in [-0.39, 0.29) is 12.0 Å². The molecule has 2 N–H and O–H groups in total. The predicted octanol–water partition coefficient (Wildman–Crippen LogP) is 4.28. The number of aryl methyl sites for hydroxylation is 1. The number of halogens is 1. The van der Waals surface area contributed by atoms with Crippen LogP contribution in [-0.2, 0) is 12.5 Å². The molecule has 2 aromatic heterocycles. The molecule has 1 aliphatic carbocycles. The molecule has 3 aromatic rings. The Balaban J connectivity index is 1.56. The number of aliphatic hydroxyl groups excluding tert-OH is 1. The van der Waals surface area contributed by atoms with Gasteiger partial charge in [-0.25, -0.2) is 0 Å². The molecule has 4 rings (SSSR count). The first-order valence-electron chi connectivity index (χ1n) is 9.54. The fourth-order valence-electron chi connectivity index (χ4n) is 4.02. The number of hydrogen-bond donors (Lipinski definition) is 2. The van der Waals surface area contributed by atoms with Gasteiger partial charge < -0.3 is 15.0 Å².